The number of nitrogens with zero attached hydrogens (tertiary/aromatic N) is 2. The van der Waals surface area contributed by atoms with Crippen LogP contribution in [0.5, 0.6) is 0 Å². The Hall–Kier alpha value is -1.85. The second kappa shape index (κ2) is 7.24. The molecule has 0 radical (unpaired) electrons. The molecule has 0 unspecified atom stereocenters. The van der Waals surface area contributed by atoms with E-state index >= 15 is 0 Å². The number of amides is 1. The van der Waals surface area contributed by atoms with E-state index < -0.39 is 6.04 Å². The molecule has 2 rings (SSSR count). The molecule has 114 valence electrons. The number of para-hydroxylation sites is 1. The van der Waals surface area contributed by atoms with Crippen LogP contribution >= 0.6 is 12.4 Å². The number of halogens is 1. The lowest BCUT2D eigenvalue weighted by atomic mass is 10.1. The van der Waals surface area contributed by atoms with Crippen LogP contribution < -0.4 is 11.1 Å². The van der Waals surface area contributed by atoms with Crippen molar-refractivity contribution in [2.24, 2.45) is 11.7 Å². The fraction of sp³-hybridized carbons (Fsp3) is 0.333. The van der Waals surface area contributed by atoms with Crippen molar-refractivity contribution in [2.45, 2.75) is 26.8 Å². The van der Waals surface area contributed by atoms with Gasteiger partial charge in [-0.1, -0.05) is 32.0 Å². The second-order valence-electron chi connectivity index (χ2n) is 5.15. The minimum absolute atomic E-state index is 0. The van der Waals surface area contributed by atoms with E-state index in [2.05, 4.69) is 10.4 Å². The van der Waals surface area contributed by atoms with Gasteiger partial charge in [0.25, 0.3) is 0 Å². The maximum atomic E-state index is 12.0. The molecule has 3 N–H and O–H groups in total. The van der Waals surface area contributed by atoms with Crippen molar-refractivity contribution in [2.75, 3.05) is 5.32 Å². The van der Waals surface area contributed by atoms with Gasteiger partial charge in [-0.3, -0.25) is 4.79 Å². The monoisotopic (exact) mass is 308 g/mol. The summed E-state index contributed by atoms with van der Waals surface area (Å²) in [6.45, 7) is 5.76. The van der Waals surface area contributed by atoms with E-state index in [0.717, 1.165) is 11.4 Å². The van der Waals surface area contributed by atoms with Crippen LogP contribution in [0, 0.1) is 12.8 Å². The van der Waals surface area contributed by atoms with Gasteiger partial charge < -0.3 is 11.1 Å². The van der Waals surface area contributed by atoms with Crippen LogP contribution in [0.3, 0.4) is 0 Å². The molecular formula is C15H21ClN4O. The van der Waals surface area contributed by atoms with Gasteiger partial charge >= 0.3 is 0 Å². The summed E-state index contributed by atoms with van der Waals surface area (Å²) in [7, 11) is 0. The number of carbonyl (C=O) groups is 1. The molecule has 0 aliphatic heterocycles. The molecule has 1 heterocycles. The Morgan fingerprint density at radius 3 is 2.48 bits per heavy atom. The molecule has 0 aliphatic carbocycles. The standard InChI is InChI=1S/C15H20N4O.ClH/c1-10(2)14(16)15(20)18-13-9-17-19(11(13)3)12-7-5-4-6-8-12;/h4-10,14H,16H2,1-3H3,(H,18,20);1H/t14-;/m0./s1. The summed E-state index contributed by atoms with van der Waals surface area (Å²) in [6, 6.07) is 9.26. The van der Waals surface area contributed by atoms with Gasteiger partial charge in [0.1, 0.15) is 0 Å². The highest BCUT2D eigenvalue weighted by atomic mass is 35.5. The average molecular weight is 309 g/mol. The first kappa shape index (κ1) is 17.2. The summed E-state index contributed by atoms with van der Waals surface area (Å²) in [5.74, 6) is -0.0878. The molecule has 1 aromatic carbocycles. The number of benzene rings is 1. The van der Waals surface area contributed by atoms with Crippen LogP contribution in [0.25, 0.3) is 5.69 Å². The Kier molecular flexibility index (Phi) is 5.93. The molecule has 1 amide bonds. The van der Waals surface area contributed by atoms with Crippen molar-refractivity contribution >= 4 is 24.0 Å². The number of aromatic nitrogens is 2. The van der Waals surface area contributed by atoms with Gasteiger partial charge in [-0.15, -0.1) is 12.4 Å². The van der Waals surface area contributed by atoms with Gasteiger partial charge in [-0.05, 0) is 25.0 Å². The zero-order valence-electron chi connectivity index (χ0n) is 12.4. The average Bonchev–Trinajstić information content (AvgIpc) is 2.80. The van der Waals surface area contributed by atoms with E-state index in [1.54, 1.807) is 10.9 Å². The van der Waals surface area contributed by atoms with Gasteiger partial charge in [-0.2, -0.15) is 5.10 Å². The van der Waals surface area contributed by atoms with E-state index in [9.17, 15) is 4.79 Å². The Morgan fingerprint density at radius 1 is 1.29 bits per heavy atom. The Balaban J connectivity index is 0.00000220. The first-order valence-electron chi connectivity index (χ1n) is 6.67. The second-order valence-corrected chi connectivity index (χ2v) is 5.15. The Labute approximate surface area is 130 Å². The molecule has 0 aliphatic rings. The zero-order chi connectivity index (χ0) is 14.7. The zero-order valence-corrected chi connectivity index (χ0v) is 13.2. The van der Waals surface area contributed by atoms with E-state index in [0.29, 0.717) is 5.69 Å². The topological polar surface area (TPSA) is 72.9 Å². The fourth-order valence-electron chi connectivity index (χ4n) is 1.88. The van der Waals surface area contributed by atoms with Crippen LogP contribution in [0.15, 0.2) is 36.5 Å². The van der Waals surface area contributed by atoms with Crippen molar-refractivity contribution < 1.29 is 4.79 Å². The van der Waals surface area contributed by atoms with E-state index in [1.807, 2.05) is 51.1 Å². The normalized spacial score (nSPS) is 11.9. The van der Waals surface area contributed by atoms with E-state index in [1.165, 1.54) is 0 Å². The van der Waals surface area contributed by atoms with Gasteiger partial charge in [-0.25, -0.2) is 4.68 Å². The Bertz CT molecular complexity index is 595. The summed E-state index contributed by atoms with van der Waals surface area (Å²) < 4.78 is 1.79. The smallest absolute Gasteiger partial charge is 0.241 e. The fourth-order valence-corrected chi connectivity index (χ4v) is 1.88. The van der Waals surface area contributed by atoms with Crippen LogP contribution in [0.1, 0.15) is 19.5 Å². The molecule has 1 aromatic heterocycles. The van der Waals surface area contributed by atoms with Crippen molar-refractivity contribution in [3.05, 3.63) is 42.2 Å². The molecule has 0 saturated heterocycles. The lowest BCUT2D eigenvalue weighted by Crippen LogP contribution is -2.39. The van der Waals surface area contributed by atoms with Gasteiger partial charge in [0.15, 0.2) is 0 Å². The lowest BCUT2D eigenvalue weighted by molar-refractivity contribution is -0.118. The number of nitrogens with two attached hydrogens (primary N) is 1. The predicted octanol–water partition coefficient (Wildman–Crippen LogP) is 2.52. The summed E-state index contributed by atoms with van der Waals surface area (Å²) in [5.41, 5.74) is 8.36. The number of hydrogen-bond donors (Lipinski definition) is 2. The first-order valence-corrected chi connectivity index (χ1v) is 6.67. The quantitative estimate of drug-likeness (QED) is 0.911. The SMILES string of the molecule is Cc1c(NC(=O)[C@@H](N)C(C)C)cnn1-c1ccccc1.Cl. The lowest BCUT2D eigenvalue weighted by Gasteiger charge is -2.15. The molecule has 2 aromatic rings. The highest BCUT2D eigenvalue weighted by Crippen LogP contribution is 2.18. The first-order chi connectivity index (χ1) is 9.50. The molecule has 6 heteroatoms. The number of carbonyl (C=O) groups excluding carboxylic acids is 1. The molecule has 0 saturated carbocycles. The third-order valence-corrected chi connectivity index (χ3v) is 3.29. The van der Waals surface area contributed by atoms with Crippen LogP contribution in [-0.2, 0) is 4.79 Å². The molecule has 21 heavy (non-hydrogen) atoms. The van der Waals surface area contributed by atoms with Crippen molar-refractivity contribution in [1.82, 2.24) is 9.78 Å². The summed E-state index contributed by atoms with van der Waals surface area (Å²) in [6.07, 6.45) is 1.65. The largest absolute Gasteiger partial charge is 0.322 e. The highest BCUT2D eigenvalue weighted by molar-refractivity contribution is 5.95. The molecule has 0 fully saturated rings. The Morgan fingerprint density at radius 2 is 1.90 bits per heavy atom. The van der Waals surface area contributed by atoms with Gasteiger partial charge in [0.2, 0.25) is 5.91 Å². The number of hydrogen-bond acceptors (Lipinski definition) is 3. The van der Waals surface area contributed by atoms with Crippen LogP contribution in [0.4, 0.5) is 5.69 Å². The van der Waals surface area contributed by atoms with Gasteiger partial charge in [0.05, 0.1) is 29.3 Å². The number of rotatable bonds is 4. The molecule has 5 nitrogen and oxygen atoms in total. The van der Waals surface area contributed by atoms with Crippen molar-refractivity contribution in [3.8, 4) is 5.69 Å². The summed E-state index contributed by atoms with van der Waals surface area (Å²) in [5, 5.41) is 7.14. The van der Waals surface area contributed by atoms with Crippen LogP contribution in [0.2, 0.25) is 0 Å². The van der Waals surface area contributed by atoms with Crippen molar-refractivity contribution in [1.29, 1.82) is 0 Å². The molecule has 1 atom stereocenters. The van der Waals surface area contributed by atoms with Crippen molar-refractivity contribution in [3.63, 3.8) is 0 Å². The number of nitrogens with one attached hydrogen (secondary N) is 1. The third kappa shape index (κ3) is 3.83. The summed E-state index contributed by atoms with van der Waals surface area (Å²) >= 11 is 0. The van der Waals surface area contributed by atoms with E-state index in [-0.39, 0.29) is 24.2 Å². The van der Waals surface area contributed by atoms with E-state index in [4.69, 9.17) is 5.73 Å². The minimum Gasteiger partial charge on any atom is -0.322 e. The summed E-state index contributed by atoms with van der Waals surface area (Å²) in [4.78, 5) is 12.0. The molecular weight excluding hydrogens is 288 g/mol. The van der Waals surface area contributed by atoms with Crippen LogP contribution in [-0.4, -0.2) is 21.7 Å². The maximum Gasteiger partial charge on any atom is 0.241 e. The van der Waals surface area contributed by atoms with Gasteiger partial charge in [0, 0.05) is 0 Å². The number of anilines is 1. The highest BCUT2D eigenvalue weighted by Gasteiger charge is 2.19. The molecule has 0 bridgehead atoms. The third-order valence-electron chi connectivity index (χ3n) is 3.29. The molecule has 0 spiro atoms. The maximum absolute atomic E-state index is 12.0. The minimum atomic E-state index is -0.519. The predicted molar refractivity (Wildman–Crippen MR) is 87.0 cm³/mol.